The Labute approximate surface area is 138 Å². The van der Waals surface area contributed by atoms with Crippen LogP contribution in [0.1, 0.15) is 6.92 Å². The fourth-order valence-corrected chi connectivity index (χ4v) is 2.74. The quantitative estimate of drug-likeness (QED) is 0.755. The number of ether oxygens (including phenoxy) is 1. The first kappa shape index (κ1) is 16.3. The number of imidazole rings is 1. The monoisotopic (exact) mass is 330 g/mol. The first-order chi connectivity index (χ1) is 11.6. The molecule has 3 aromatic rings. The number of aromatic nitrogens is 2. The second-order valence-electron chi connectivity index (χ2n) is 5.54. The van der Waals surface area contributed by atoms with Gasteiger partial charge in [-0.25, -0.2) is 9.18 Å². The molecule has 1 atom stereocenters. The summed E-state index contributed by atoms with van der Waals surface area (Å²) in [5.41, 5.74) is 1.47. The molecule has 1 aromatic heterocycles. The molecular weight excluding hydrogens is 311 g/mol. The number of benzene rings is 2. The number of halogens is 1. The Balaban J connectivity index is 1.76. The molecule has 1 N–H and O–H groups in total. The topological polar surface area (TPSA) is 56.4 Å². The predicted octanol–water partition coefficient (Wildman–Crippen LogP) is 2.40. The summed E-state index contributed by atoms with van der Waals surface area (Å²) in [6.45, 7) is 2.62. The van der Waals surface area contributed by atoms with Crippen LogP contribution in [-0.2, 0) is 13.1 Å². The number of para-hydroxylation sites is 2. The summed E-state index contributed by atoms with van der Waals surface area (Å²) in [7, 11) is 0. The average Bonchev–Trinajstić information content (AvgIpc) is 2.86. The van der Waals surface area contributed by atoms with Gasteiger partial charge in [0.25, 0.3) is 0 Å². The maximum absolute atomic E-state index is 12.9. The van der Waals surface area contributed by atoms with Crippen molar-refractivity contribution < 1.29 is 14.2 Å². The van der Waals surface area contributed by atoms with E-state index in [0.717, 1.165) is 11.0 Å². The Morgan fingerprint density at radius 2 is 1.71 bits per heavy atom. The Kier molecular flexibility index (Phi) is 4.66. The minimum absolute atomic E-state index is 0.0176. The van der Waals surface area contributed by atoms with E-state index in [-0.39, 0.29) is 24.7 Å². The summed E-state index contributed by atoms with van der Waals surface area (Å²) in [6, 6.07) is 13.1. The lowest BCUT2D eigenvalue weighted by atomic mass is 10.3. The lowest BCUT2D eigenvalue weighted by molar-refractivity contribution is 0.0924. The third kappa shape index (κ3) is 3.19. The van der Waals surface area contributed by atoms with Crippen molar-refractivity contribution in [3.05, 3.63) is 64.8 Å². The fourth-order valence-electron chi connectivity index (χ4n) is 2.74. The molecule has 3 rings (SSSR count). The standard InChI is InChI=1S/C18H19FN2O3/c1-2-20-16-5-3-4-6-17(16)21(18(20)23)11-14(22)12-24-15-9-7-13(19)8-10-15/h3-10,14,22H,2,11-12H2,1H3/t14-/m0/s1. The van der Waals surface area contributed by atoms with Crippen molar-refractivity contribution in [3.63, 3.8) is 0 Å². The molecule has 0 saturated carbocycles. The van der Waals surface area contributed by atoms with Crippen molar-refractivity contribution in [1.29, 1.82) is 0 Å². The van der Waals surface area contributed by atoms with Crippen molar-refractivity contribution in [1.82, 2.24) is 9.13 Å². The maximum atomic E-state index is 12.9. The molecule has 126 valence electrons. The van der Waals surface area contributed by atoms with Gasteiger partial charge < -0.3 is 9.84 Å². The summed E-state index contributed by atoms with van der Waals surface area (Å²) in [5.74, 6) is 0.126. The van der Waals surface area contributed by atoms with Gasteiger partial charge in [0.05, 0.1) is 17.6 Å². The minimum atomic E-state index is -0.858. The number of rotatable bonds is 6. The van der Waals surface area contributed by atoms with Crippen LogP contribution >= 0.6 is 0 Å². The van der Waals surface area contributed by atoms with Gasteiger partial charge in [0, 0.05) is 6.54 Å². The van der Waals surface area contributed by atoms with Gasteiger partial charge in [-0.15, -0.1) is 0 Å². The number of nitrogens with zero attached hydrogens (tertiary/aromatic N) is 2. The van der Waals surface area contributed by atoms with E-state index < -0.39 is 6.10 Å². The Hall–Kier alpha value is -2.60. The van der Waals surface area contributed by atoms with E-state index in [2.05, 4.69) is 0 Å². The molecule has 0 bridgehead atoms. The highest BCUT2D eigenvalue weighted by atomic mass is 19.1. The van der Waals surface area contributed by atoms with Crippen LogP contribution in [-0.4, -0.2) is 27.0 Å². The molecule has 0 radical (unpaired) electrons. The van der Waals surface area contributed by atoms with Crippen LogP contribution in [0.25, 0.3) is 11.0 Å². The van der Waals surface area contributed by atoms with Gasteiger partial charge in [-0.2, -0.15) is 0 Å². The van der Waals surface area contributed by atoms with Crippen LogP contribution in [0.5, 0.6) is 5.75 Å². The second-order valence-corrected chi connectivity index (χ2v) is 5.54. The first-order valence-corrected chi connectivity index (χ1v) is 7.84. The van der Waals surface area contributed by atoms with Gasteiger partial charge in [0.15, 0.2) is 0 Å². The van der Waals surface area contributed by atoms with E-state index in [4.69, 9.17) is 4.74 Å². The molecule has 6 heteroatoms. The first-order valence-electron chi connectivity index (χ1n) is 7.84. The van der Waals surface area contributed by atoms with Crippen molar-refractivity contribution in [2.45, 2.75) is 26.1 Å². The summed E-state index contributed by atoms with van der Waals surface area (Å²) >= 11 is 0. The number of aliphatic hydroxyl groups excluding tert-OH is 1. The minimum Gasteiger partial charge on any atom is -0.491 e. The van der Waals surface area contributed by atoms with Gasteiger partial charge >= 0.3 is 5.69 Å². The average molecular weight is 330 g/mol. The van der Waals surface area contributed by atoms with Crippen molar-refractivity contribution >= 4 is 11.0 Å². The number of aryl methyl sites for hydroxylation is 1. The lowest BCUT2D eigenvalue weighted by Gasteiger charge is -2.13. The molecule has 0 aliphatic carbocycles. The SMILES string of the molecule is CCn1c(=O)n(C[C@H](O)COc2ccc(F)cc2)c2ccccc21. The second kappa shape index (κ2) is 6.88. The van der Waals surface area contributed by atoms with Crippen LogP contribution in [0, 0.1) is 5.82 Å². The normalized spacial score (nSPS) is 12.5. The van der Waals surface area contributed by atoms with Crippen molar-refractivity contribution in [3.8, 4) is 5.75 Å². The molecule has 0 fully saturated rings. The Morgan fingerprint density at radius 1 is 1.08 bits per heavy atom. The number of hydrogen-bond donors (Lipinski definition) is 1. The zero-order valence-electron chi connectivity index (χ0n) is 13.4. The molecule has 0 amide bonds. The molecule has 0 spiro atoms. The highest BCUT2D eigenvalue weighted by Crippen LogP contribution is 2.14. The lowest BCUT2D eigenvalue weighted by Crippen LogP contribution is -2.31. The fraction of sp³-hybridized carbons (Fsp3) is 0.278. The largest absolute Gasteiger partial charge is 0.491 e. The number of aliphatic hydroxyl groups is 1. The maximum Gasteiger partial charge on any atom is 0.329 e. The molecule has 1 heterocycles. The molecule has 0 unspecified atom stereocenters. The molecule has 24 heavy (non-hydrogen) atoms. The third-order valence-electron chi connectivity index (χ3n) is 3.89. The van der Waals surface area contributed by atoms with Crippen LogP contribution in [0.3, 0.4) is 0 Å². The van der Waals surface area contributed by atoms with Crippen molar-refractivity contribution in [2.75, 3.05) is 6.61 Å². The van der Waals surface area contributed by atoms with Crippen LogP contribution < -0.4 is 10.4 Å². The Bertz CT molecular complexity index is 883. The molecule has 5 nitrogen and oxygen atoms in total. The van der Waals surface area contributed by atoms with E-state index in [1.807, 2.05) is 31.2 Å². The van der Waals surface area contributed by atoms with E-state index >= 15 is 0 Å². The van der Waals surface area contributed by atoms with E-state index in [0.29, 0.717) is 12.3 Å². The highest BCUT2D eigenvalue weighted by Gasteiger charge is 2.15. The van der Waals surface area contributed by atoms with Crippen LogP contribution in [0.2, 0.25) is 0 Å². The zero-order chi connectivity index (χ0) is 17.1. The highest BCUT2D eigenvalue weighted by molar-refractivity contribution is 5.75. The smallest absolute Gasteiger partial charge is 0.329 e. The number of hydrogen-bond acceptors (Lipinski definition) is 3. The van der Waals surface area contributed by atoms with Gasteiger partial charge in [-0.05, 0) is 43.3 Å². The van der Waals surface area contributed by atoms with Gasteiger partial charge in [0.1, 0.15) is 24.3 Å². The molecule has 0 aliphatic heterocycles. The van der Waals surface area contributed by atoms with E-state index in [1.165, 1.54) is 24.3 Å². The van der Waals surface area contributed by atoms with E-state index in [1.54, 1.807) is 9.13 Å². The van der Waals surface area contributed by atoms with Crippen molar-refractivity contribution in [2.24, 2.45) is 0 Å². The van der Waals surface area contributed by atoms with Gasteiger partial charge in [-0.3, -0.25) is 9.13 Å². The Morgan fingerprint density at radius 3 is 2.33 bits per heavy atom. The summed E-state index contributed by atoms with van der Waals surface area (Å²) in [4.78, 5) is 12.5. The molecule has 0 saturated heterocycles. The molecule has 2 aromatic carbocycles. The summed E-state index contributed by atoms with van der Waals surface area (Å²) in [6.07, 6.45) is -0.858. The summed E-state index contributed by atoms with van der Waals surface area (Å²) in [5, 5.41) is 10.2. The molecule has 0 aliphatic rings. The van der Waals surface area contributed by atoms with Crippen LogP contribution in [0.4, 0.5) is 4.39 Å². The van der Waals surface area contributed by atoms with Gasteiger partial charge in [0.2, 0.25) is 0 Å². The number of fused-ring (bicyclic) bond motifs is 1. The molecular formula is C18H19FN2O3. The predicted molar refractivity (Wildman–Crippen MR) is 89.8 cm³/mol. The van der Waals surface area contributed by atoms with E-state index in [9.17, 15) is 14.3 Å². The third-order valence-corrected chi connectivity index (χ3v) is 3.89. The zero-order valence-corrected chi connectivity index (χ0v) is 13.4. The summed E-state index contributed by atoms with van der Waals surface area (Å²) < 4.78 is 21.5. The van der Waals surface area contributed by atoms with Crippen LogP contribution in [0.15, 0.2) is 53.3 Å². The van der Waals surface area contributed by atoms with Gasteiger partial charge in [-0.1, -0.05) is 12.1 Å².